The molecule has 0 unspecified atom stereocenters. The number of hydrogen-bond donors (Lipinski definition) is 0. The van der Waals surface area contributed by atoms with Crippen molar-refractivity contribution >= 4 is 23.2 Å². The quantitative estimate of drug-likeness (QED) is 0.760. The van der Waals surface area contributed by atoms with Crippen LogP contribution in [0.2, 0.25) is 10.0 Å². The summed E-state index contributed by atoms with van der Waals surface area (Å²) < 4.78 is 10.7. The lowest BCUT2D eigenvalue weighted by molar-refractivity contribution is 0.0540. The summed E-state index contributed by atoms with van der Waals surface area (Å²) in [6.45, 7) is 3.40. The number of benzene rings is 1. The molecule has 0 spiro atoms. The van der Waals surface area contributed by atoms with Gasteiger partial charge in [0.25, 0.3) is 0 Å². The average Bonchev–Trinajstić information content (AvgIpc) is 2.97. The molecule has 15 heavy (non-hydrogen) atoms. The molecule has 1 heterocycles. The number of halogens is 2. The zero-order valence-electron chi connectivity index (χ0n) is 8.37. The second kappa shape index (κ2) is 4.71. The van der Waals surface area contributed by atoms with Gasteiger partial charge >= 0.3 is 0 Å². The van der Waals surface area contributed by atoms with Gasteiger partial charge < -0.3 is 9.47 Å². The van der Waals surface area contributed by atoms with Gasteiger partial charge in [0.1, 0.15) is 6.10 Å². The Morgan fingerprint density at radius 2 is 2.27 bits per heavy atom. The highest BCUT2D eigenvalue weighted by atomic mass is 35.5. The highest BCUT2D eigenvalue weighted by molar-refractivity contribution is 6.35. The van der Waals surface area contributed by atoms with Gasteiger partial charge in [0.05, 0.1) is 19.3 Å². The lowest BCUT2D eigenvalue weighted by atomic mass is 10.1. The molecule has 2 nitrogen and oxygen atoms in total. The third kappa shape index (κ3) is 3.08. The fourth-order valence-electron chi connectivity index (χ4n) is 1.34. The summed E-state index contributed by atoms with van der Waals surface area (Å²) in [6.07, 6.45) is 0.248. The van der Waals surface area contributed by atoms with Crippen LogP contribution in [0.3, 0.4) is 0 Å². The number of hydrogen-bond acceptors (Lipinski definition) is 2. The van der Waals surface area contributed by atoms with Gasteiger partial charge in [-0.1, -0.05) is 29.3 Å². The van der Waals surface area contributed by atoms with Crippen LogP contribution in [0.1, 0.15) is 18.6 Å². The van der Waals surface area contributed by atoms with Crippen LogP contribution in [0, 0.1) is 0 Å². The molecule has 1 aliphatic heterocycles. The molecule has 4 heteroatoms. The summed E-state index contributed by atoms with van der Waals surface area (Å²) in [5.74, 6) is 0. The topological polar surface area (TPSA) is 21.8 Å². The van der Waals surface area contributed by atoms with Crippen molar-refractivity contribution < 1.29 is 9.47 Å². The van der Waals surface area contributed by atoms with Crippen LogP contribution in [-0.4, -0.2) is 19.3 Å². The second-order valence-electron chi connectivity index (χ2n) is 3.60. The van der Waals surface area contributed by atoms with E-state index in [9.17, 15) is 0 Å². The van der Waals surface area contributed by atoms with Crippen LogP contribution in [0.5, 0.6) is 0 Å². The molecule has 0 saturated carbocycles. The van der Waals surface area contributed by atoms with E-state index < -0.39 is 0 Å². The first-order valence-corrected chi connectivity index (χ1v) is 5.60. The molecule has 2 atom stereocenters. The normalized spacial score (nSPS) is 21.4. The number of rotatable bonds is 4. The summed E-state index contributed by atoms with van der Waals surface area (Å²) in [4.78, 5) is 0. The molecule has 0 amide bonds. The molecular formula is C11H12Cl2O2. The van der Waals surface area contributed by atoms with E-state index in [1.165, 1.54) is 0 Å². The van der Waals surface area contributed by atoms with Crippen LogP contribution in [0.15, 0.2) is 18.2 Å². The van der Waals surface area contributed by atoms with E-state index in [0.29, 0.717) is 16.7 Å². The molecule has 1 aromatic carbocycles. The molecule has 0 aliphatic carbocycles. The summed E-state index contributed by atoms with van der Waals surface area (Å²) >= 11 is 11.9. The zero-order chi connectivity index (χ0) is 10.8. The lowest BCUT2D eigenvalue weighted by Gasteiger charge is -2.14. The SMILES string of the molecule is C[C@@H](OC[C@@H]1CO1)c1ccc(Cl)cc1Cl. The van der Waals surface area contributed by atoms with Crippen molar-refractivity contribution in [1.82, 2.24) is 0 Å². The fourth-order valence-corrected chi connectivity index (χ4v) is 1.90. The summed E-state index contributed by atoms with van der Waals surface area (Å²) in [7, 11) is 0. The molecule has 1 aliphatic rings. The molecule has 0 N–H and O–H groups in total. The van der Waals surface area contributed by atoms with E-state index in [1.54, 1.807) is 6.07 Å². The highest BCUT2D eigenvalue weighted by Gasteiger charge is 2.24. The Hall–Kier alpha value is -0.280. The van der Waals surface area contributed by atoms with Crippen LogP contribution < -0.4 is 0 Å². The molecule has 2 rings (SSSR count). The Balaban J connectivity index is 1.99. The maximum atomic E-state index is 6.06. The van der Waals surface area contributed by atoms with Gasteiger partial charge in [-0.15, -0.1) is 0 Å². The Kier molecular flexibility index (Phi) is 3.52. The van der Waals surface area contributed by atoms with E-state index in [1.807, 2.05) is 19.1 Å². The van der Waals surface area contributed by atoms with Crippen molar-refractivity contribution in [2.45, 2.75) is 19.1 Å². The first kappa shape index (κ1) is 11.2. The van der Waals surface area contributed by atoms with Gasteiger partial charge in [0, 0.05) is 10.0 Å². The van der Waals surface area contributed by atoms with Crippen LogP contribution >= 0.6 is 23.2 Å². The van der Waals surface area contributed by atoms with Gasteiger partial charge in [-0.3, -0.25) is 0 Å². The first-order valence-electron chi connectivity index (χ1n) is 4.85. The maximum Gasteiger partial charge on any atom is 0.104 e. The van der Waals surface area contributed by atoms with E-state index in [2.05, 4.69) is 0 Å². The van der Waals surface area contributed by atoms with Gasteiger partial charge in [-0.2, -0.15) is 0 Å². The predicted molar refractivity (Wildman–Crippen MR) is 60.6 cm³/mol. The smallest absolute Gasteiger partial charge is 0.104 e. The van der Waals surface area contributed by atoms with Crippen molar-refractivity contribution in [2.24, 2.45) is 0 Å². The summed E-state index contributed by atoms with van der Waals surface area (Å²) in [6, 6.07) is 5.44. The molecule has 0 bridgehead atoms. The average molecular weight is 247 g/mol. The first-order chi connectivity index (χ1) is 7.16. The van der Waals surface area contributed by atoms with Crippen LogP contribution in [-0.2, 0) is 9.47 Å². The number of epoxide rings is 1. The third-order valence-electron chi connectivity index (χ3n) is 2.33. The van der Waals surface area contributed by atoms with E-state index in [-0.39, 0.29) is 12.2 Å². The van der Waals surface area contributed by atoms with Crippen molar-refractivity contribution in [3.63, 3.8) is 0 Å². The monoisotopic (exact) mass is 246 g/mol. The van der Waals surface area contributed by atoms with Crippen LogP contribution in [0.4, 0.5) is 0 Å². The second-order valence-corrected chi connectivity index (χ2v) is 4.44. The van der Waals surface area contributed by atoms with Crippen molar-refractivity contribution in [3.8, 4) is 0 Å². The highest BCUT2D eigenvalue weighted by Crippen LogP contribution is 2.28. The molecule has 82 valence electrons. The molecule has 0 aromatic heterocycles. The minimum Gasteiger partial charge on any atom is -0.371 e. The number of ether oxygens (including phenoxy) is 2. The minimum absolute atomic E-state index is 0.0287. The summed E-state index contributed by atoms with van der Waals surface area (Å²) in [5.41, 5.74) is 0.960. The Morgan fingerprint density at radius 3 is 2.87 bits per heavy atom. The van der Waals surface area contributed by atoms with Gasteiger partial charge in [-0.05, 0) is 24.6 Å². The maximum absolute atomic E-state index is 6.06. The Bertz CT molecular complexity index is 350. The van der Waals surface area contributed by atoms with Gasteiger partial charge in [0.15, 0.2) is 0 Å². The lowest BCUT2D eigenvalue weighted by Crippen LogP contribution is -2.06. The zero-order valence-corrected chi connectivity index (χ0v) is 9.89. The van der Waals surface area contributed by atoms with Crippen molar-refractivity contribution in [3.05, 3.63) is 33.8 Å². The summed E-state index contributed by atoms with van der Waals surface area (Å²) in [5, 5.41) is 1.29. The Labute approximate surface area is 99.1 Å². The minimum atomic E-state index is -0.0287. The van der Waals surface area contributed by atoms with Gasteiger partial charge in [-0.25, -0.2) is 0 Å². The third-order valence-corrected chi connectivity index (χ3v) is 2.90. The van der Waals surface area contributed by atoms with Gasteiger partial charge in [0.2, 0.25) is 0 Å². The predicted octanol–water partition coefficient (Wildman–Crippen LogP) is 3.47. The Morgan fingerprint density at radius 1 is 1.53 bits per heavy atom. The molecular weight excluding hydrogens is 235 g/mol. The fraction of sp³-hybridized carbons (Fsp3) is 0.455. The van der Waals surface area contributed by atoms with E-state index in [4.69, 9.17) is 32.7 Å². The standard InChI is InChI=1S/C11H12Cl2O2/c1-7(14-5-9-6-15-9)10-3-2-8(12)4-11(10)13/h2-4,7,9H,5-6H2,1H3/t7-,9-/m1/s1. The van der Waals surface area contributed by atoms with Crippen molar-refractivity contribution in [2.75, 3.05) is 13.2 Å². The molecule has 1 fully saturated rings. The molecule has 1 saturated heterocycles. The molecule has 0 radical (unpaired) electrons. The van der Waals surface area contributed by atoms with Crippen LogP contribution in [0.25, 0.3) is 0 Å². The van der Waals surface area contributed by atoms with E-state index >= 15 is 0 Å². The van der Waals surface area contributed by atoms with Crippen molar-refractivity contribution in [1.29, 1.82) is 0 Å². The largest absolute Gasteiger partial charge is 0.371 e. The molecule has 1 aromatic rings. The van der Waals surface area contributed by atoms with E-state index in [0.717, 1.165) is 12.2 Å².